The number of phenolic OH excluding ortho intramolecular Hbond substituents is 3. The van der Waals surface area contributed by atoms with Crippen LogP contribution in [0.25, 0.3) is 43.6 Å². The quantitative estimate of drug-likeness (QED) is 0.201. The number of aliphatic hydroxyl groups excluding tert-OH is 1. The number of phenols is 3. The second-order valence-corrected chi connectivity index (χ2v) is 11.7. The zero-order valence-corrected chi connectivity index (χ0v) is 25.1. The van der Waals surface area contributed by atoms with E-state index in [9.17, 15) is 30.0 Å². The third-order valence-corrected chi connectivity index (χ3v) is 8.76. The second kappa shape index (κ2) is 9.80. The highest BCUT2D eigenvalue weighted by molar-refractivity contribution is 6.02. The van der Waals surface area contributed by atoms with E-state index in [0.29, 0.717) is 33.6 Å². The van der Waals surface area contributed by atoms with Gasteiger partial charge < -0.3 is 43.8 Å². The van der Waals surface area contributed by atoms with Gasteiger partial charge in [0.2, 0.25) is 10.9 Å². The van der Waals surface area contributed by atoms with Crippen molar-refractivity contribution in [1.29, 1.82) is 0 Å². The van der Waals surface area contributed by atoms with Crippen molar-refractivity contribution >= 4 is 43.6 Å². The van der Waals surface area contributed by atoms with Gasteiger partial charge in [-0.25, -0.2) is 0 Å². The standard InChI is InChI=1S/C34H30N2O9/c1-14(2)34-33(42)26-23(45-34)13-20(38)25-29(26)36(4)27-16(31(25)40)7-6-8-21(27)44-22-10-9-17-28(32(22)41)35(3)18-11-15(43-5)12-19(37)24(18)30(17)39/h6-14,33-34,37-38,41-42H,1-5H3/t33-,34+/m1/s1. The normalized spacial score (nSPS) is 16.2. The molecule has 7 rings (SSSR count). The summed E-state index contributed by atoms with van der Waals surface area (Å²) in [5, 5.41) is 44.8. The van der Waals surface area contributed by atoms with Crippen LogP contribution in [0.15, 0.2) is 58.1 Å². The Balaban J connectivity index is 1.47. The first-order valence-electron chi connectivity index (χ1n) is 14.3. The summed E-state index contributed by atoms with van der Waals surface area (Å²) < 4.78 is 20.8. The minimum atomic E-state index is -1.04. The van der Waals surface area contributed by atoms with Gasteiger partial charge in [0.05, 0.1) is 56.3 Å². The van der Waals surface area contributed by atoms with Gasteiger partial charge in [-0.1, -0.05) is 19.9 Å². The third kappa shape index (κ3) is 3.86. The molecule has 11 nitrogen and oxygen atoms in total. The van der Waals surface area contributed by atoms with Gasteiger partial charge in [-0.2, -0.15) is 0 Å². The van der Waals surface area contributed by atoms with Gasteiger partial charge in [0, 0.05) is 32.3 Å². The van der Waals surface area contributed by atoms with Crippen LogP contribution in [-0.2, 0) is 14.1 Å². The first-order chi connectivity index (χ1) is 21.4. The maximum Gasteiger partial charge on any atom is 0.201 e. The molecule has 11 heteroatoms. The lowest BCUT2D eigenvalue weighted by molar-refractivity contribution is 0.0386. The van der Waals surface area contributed by atoms with Crippen molar-refractivity contribution in [2.75, 3.05) is 7.11 Å². The number of ether oxygens (including phenoxy) is 3. The highest BCUT2D eigenvalue weighted by Gasteiger charge is 2.38. The van der Waals surface area contributed by atoms with Crippen molar-refractivity contribution in [1.82, 2.24) is 9.13 Å². The number of methoxy groups -OCH3 is 1. The first kappa shape index (κ1) is 28.4. The monoisotopic (exact) mass is 610 g/mol. The van der Waals surface area contributed by atoms with E-state index >= 15 is 0 Å². The van der Waals surface area contributed by atoms with Crippen molar-refractivity contribution in [3.05, 3.63) is 74.5 Å². The van der Waals surface area contributed by atoms with E-state index in [1.165, 1.54) is 31.4 Å². The Hall–Kier alpha value is -5.42. The number of aryl methyl sites for hydroxylation is 2. The zero-order chi connectivity index (χ0) is 32.1. The second-order valence-electron chi connectivity index (χ2n) is 11.7. The van der Waals surface area contributed by atoms with E-state index < -0.39 is 23.1 Å². The Morgan fingerprint density at radius 1 is 0.822 bits per heavy atom. The number of pyridine rings is 2. The number of rotatable bonds is 4. The number of aliphatic hydroxyl groups is 1. The maximum absolute atomic E-state index is 13.8. The molecule has 0 aliphatic carbocycles. The summed E-state index contributed by atoms with van der Waals surface area (Å²) in [5.74, 6) is -0.0513. The number of nitrogens with zero attached hydrogens (tertiary/aromatic N) is 2. The smallest absolute Gasteiger partial charge is 0.201 e. The molecule has 3 heterocycles. The molecule has 2 atom stereocenters. The molecule has 0 unspecified atom stereocenters. The minimum absolute atomic E-state index is 0.00777. The van der Waals surface area contributed by atoms with Crippen LogP contribution in [0.4, 0.5) is 0 Å². The Morgan fingerprint density at radius 2 is 1.51 bits per heavy atom. The number of hydrogen-bond donors (Lipinski definition) is 4. The first-order valence-corrected chi connectivity index (χ1v) is 14.3. The lowest BCUT2D eigenvalue weighted by Crippen LogP contribution is -2.25. The van der Waals surface area contributed by atoms with Gasteiger partial charge in [0.25, 0.3) is 0 Å². The molecule has 45 heavy (non-hydrogen) atoms. The van der Waals surface area contributed by atoms with E-state index in [-0.39, 0.29) is 61.7 Å². The van der Waals surface area contributed by atoms with Crippen LogP contribution in [0.2, 0.25) is 0 Å². The van der Waals surface area contributed by atoms with Crippen molar-refractivity contribution in [3.8, 4) is 40.2 Å². The van der Waals surface area contributed by atoms with E-state index in [2.05, 4.69) is 0 Å². The van der Waals surface area contributed by atoms with Crippen LogP contribution >= 0.6 is 0 Å². The molecule has 1 aliphatic heterocycles. The maximum atomic E-state index is 13.8. The molecular formula is C34H30N2O9. The van der Waals surface area contributed by atoms with Crippen molar-refractivity contribution in [2.45, 2.75) is 26.1 Å². The van der Waals surface area contributed by atoms with Gasteiger partial charge in [0.15, 0.2) is 17.2 Å². The van der Waals surface area contributed by atoms with Crippen LogP contribution in [0.5, 0.6) is 40.2 Å². The van der Waals surface area contributed by atoms with Crippen molar-refractivity contribution < 1.29 is 34.6 Å². The Morgan fingerprint density at radius 3 is 2.22 bits per heavy atom. The van der Waals surface area contributed by atoms with Crippen LogP contribution in [0.3, 0.4) is 0 Å². The molecule has 2 aromatic heterocycles. The fourth-order valence-electron chi connectivity index (χ4n) is 6.60. The number of hydrogen-bond acceptors (Lipinski definition) is 9. The summed E-state index contributed by atoms with van der Waals surface area (Å²) in [6.07, 6.45) is -1.61. The number of fused-ring (bicyclic) bond motifs is 6. The third-order valence-electron chi connectivity index (χ3n) is 8.76. The van der Waals surface area contributed by atoms with Gasteiger partial charge in [-0.15, -0.1) is 0 Å². The number of aromatic hydroxyl groups is 3. The molecule has 230 valence electrons. The SMILES string of the molecule is COc1cc(O)c2c(=O)c3ccc(Oc4cccc5c(=O)c6c(O)cc7c(c6n(C)c45)[C@@H](O)[C@H](C(C)C)O7)c(O)c3n(C)c2c1. The fourth-order valence-corrected chi connectivity index (χ4v) is 6.60. The summed E-state index contributed by atoms with van der Waals surface area (Å²) in [5.41, 5.74) is 0.614. The lowest BCUT2D eigenvalue weighted by atomic mass is 9.95. The molecule has 0 saturated heterocycles. The average Bonchev–Trinajstić information content (AvgIpc) is 3.34. The van der Waals surface area contributed by atoms with Crippen molar-refractivity contribution in [3.63, 3.8) is 0 Å². The van der Waals surface area contributed by atoms with Crippen LogP contribution in [0.1, 0.15) is 25.5 Å². The molecule has 0 radical (unpaired) electrons. The number of aromatic nitrogens is 2. The van der Waals surface area contributed by atoms with Gasteiger partial charge in [-0.05, 0) is 30.2 Å². The molecule has 0 amide bonds. The van der Waals surface area contributed by atoms with E-state index in [0.717, 1.165) is 0 Å². The summed E-state index contributed by atoms with van der Waals surface area (Å²) in [4.78, 5) is 27.3. The topological polar surface area (TPSA) is 153 Å². The largest absolute Gasteiger partial charge is 0.507 e. The molecular weight excluding hydrogens is 580 g/mol. The molecule has 0 spiro atoms. The molecule has 0 saturated carbocycles. The summed E-state index contributed by atoms with van der Waals surface area (Å²) in [6.45, 7) is 3.83. The fraction of sp³-hybridized carbons (Fsp3) is 0.235. The van der Waals surface area contributed by atoms with Crippen LogP contribution in [0, 0.1) is 5.92 Å². The predicted octanol–water partition coefficient (Wildman–Crippen LogP) is 5.06. The summed E-state index contributed by atoms with van der Waals surface area (Å²) in [7, 11) is 4.78. The Bertz CT molecular complexity index is 2370. The summed E-state index contributed by atoms with van der Waals surface area (Å²) in [6, 6.07) is 12.1. The average molecular weight is 611 g/mol. The molecule has 4 N–H and O–H groups in total. The highest BCUT2D eigenvalue weighted by atomic mass is 16.5. The van der Waals surface area contributed by atoms with E-state index in [1.807, 2.05) is 13.8 Å². The number of para-hydroxylation sites is 1. The molecule has 0 bridgehead atoms. The molecule has 0 fully saturated rings. The number of benzene rings is 4. The summed E-state index contributed by atoms with van der Waals surface area (Å²) >= 11 is 0. The van der Waals surface area contributed by atoms with Crippen LogP contribution in [-0.4, -0.2) is 42.8 Å². The van der Waals surface area contributed by atoms with Crippen LogP contribution < -0.4 is 25.1 Å². The molecule has 6 aromatic rings. The predicted molar refractivity (Wildman–Crippen MR) is 169 cm³/mol. The van der Waals surface area contributed by atoms with Crippen molar-refractivity contribution in [2.24, 2.45) is 20.0 Å². The Kier molecular flexibility index (Phi) is 6.17. The van der Waals surface area contributed by atoms with Gasteiger partial charge >= 0.3 is 0 Å². The highest BCUT2D eigenvalue weighted by Crippen LogP contribution is 2.47. The van der Waals surface area contributed by atoms with Gasteiger partial charge in [-0.3, -0.25) is 9.59 Å². The Labute approximate surface area is 255 Å². The van der Waals surface area contributed by atoms with E-state index in [4.69, 9.17) is 14.2 Å². The van der Waals surface area contributed by atoms with E-state index in [1.54, 1.807) is 47.5 Å². The molecule has 4 aromatic carbocycles. The zero-order valence-electron chi connectivity index (χ0n) is 25.1. The molecule has 1 aliphatic rings. The lowest BCUT2D eigenvalue weighted by Gasteiger charge is -2.20. The minimum Gasteiger partial charge on any atom is -0.507 e. The van der Waals surface area contributed by atoms with Gasteiger partial charge in [0.1, 0.15) is 35.2 Å².